The second-order valence-electron chi connectivity index (χ2n) is 19.3. The lowest BCUT2D eigenvalue weighted by atomic mass is 9.95. The van der Waals surface area contributed by atoms with E-state index < -0.39 is 47.6 Å². The van der Waals surface area contributed by atoms with Gasteiger partial charge >= 0.3 is 35.9 Å². The summed E-state index contributed by atoms with van der Waals surface area (Å²) in [5, 5.41) is 29.5. The van der Waals surface area contributed by atoms with E-state index in [2.05, 4.69) is 46.4 Å². The van der Waals surface area contributed by atoms with Gasteiger partial charge in [0.1, 0.15) is 23.7 Å². The number of ether oxygens (including phenoxy) is 2. The van der Waals surface area contributed by atoms with Crippen molar-refractivity contribution in [3.63, 3.8) is 0 Å². The zero-order valence-corrected chi connectivity index (χ0v) is 48.7. The van der Waals surface area contributed by atoms with Gasteiger partial charge in [0.2, 0.25) is 0 Å². The van der Waals surface area contributed by atoms with E-state index in [1.54, 1.807) is 22.2 Å². The number of hydrogen-bond acceptors (Lipinski definition) is 17. The largest absolute Gasteiger partial charge is 0.481 e. The monoisotopic (exact) mass is 1280 g/mol. The lowest BCUT2D eigenvalue weighted by molar-refractivity contribution is -0.138. The molecule has 4 amide bonds. The fraction of sp³-hybridized carbons (Fsp3) is 0.444. The van der Waals surface area contributed by atoms with E-state index in [9.17, 15) is 37.5 Å². The Hall–Kier alpha value is -6.58. The number of carbonyl (C=O) groups is 6. The molecule has 2 aromatic carbocycles. The summed E-state index contributed by atoms with van der Waals surface area (Å²) in [6.07, 6.45) is 7.84. The van der Waals surface area contributed by atoms with E-state index in [1.807, 2.05) is 20.6 Å². The first kappa shape index (κ1) is 63.0. The Balaban J connectivity index is 0.000000196. The average Bonchev–Trinajstić information content (AvgIpc) is 4.24. The zero-order valence-electron chi connectivity index (χ0n) is 44.0. The number of amides is 4. The van der Waals surface area contributed by atoms with Crippen LogP contribution in [0.1, 0.15) is 85.6 Å². The van der Waals surface area contributed by atoms with Crippen LogP contribution < -0.4 is 10.6 Å². The van der Waals surface area contributed by atoms with Crippen LogP contribution in [0.25, 0.3) is 0 Å². The lowest BCUT2D eigenvalue weighted by Gasteiger charge is -2.38. The Morgan fingerprint density at radius 1 is 0.707 bits per heavy atom. The van der Waals surface area contributed by atoms with E-state index in [-0.39, 0.29) is 54.0 Å². The highest BCUT2D eigenvalue weighted by molar-refractivity contribution is 9.09. The number of carboxylic acid groups (broad SMARTS) is 2. The number of nitrogens with zero attached hydrogens (tertiary/aromatic N) is 9. The van der Waals surface area contributed by atoms with E-state index in [1.165, 1.54) is 79.7 Å². The first-order valence-corrected chi connectivity index (χ1v) is 29.5. The molecule has 4 atom stereocenters. The number of piperazine rings is 1. The van der Waals surface area contributed by atoms with Gasteiger partial charge in [-0.25, -0.2) is 37.9 Å². The van der Waals surface area contributed by atoms with Crippen LogP contribution >= 0.6 is 61.8 Å². The summed E-state index contributed by atoms with van der Waals surface area (Å²) in [5.74, 6) is -2.78. The summed E-state index contributed by atoms with van der Waals surface area (Å²) in [7, 11) is 2.59. The molecule has 28 heteroatoms. The number of aliphatic imine (C=N–C) groups is 2. The standard InChI is InChI=1S/C26H28ClFN6O5S.C16H12BrClFN3O2S.C11H18N2O3.CH4/c1-39-25(37)21-19(14-32-8-9-34-16(12-32)13-33(26(34)38)7-2-3-20(35)36)30-23(24-29-6-10-40-24)31-22(21)17-5-4-15(28)11-18(17)27;1-24-16(23)12-11(7-17)21-14(15-20-4-5-25-15)22-13(12)9-3-2-8(19)6-10(9)18;14-10(15)5-3-6-12-8-9-4-1-2-7-13(9)11(12)16;/h4-6,10-11,16,22H,2-3,7-9,12-14H2,1H3,(H,30,31)(H,35,36);2-6,13H,7H2,1H3,(H,21,22);9H,1-8H2,(H,14,15);1H4/t16-,22-;13-;9-;/m000./s1. The van der Waals surface area contributed by atoms with Gasteiger partial charge in [-0.1, -0.05) is 58.7 Å². The van der Waals surface area contributed by atoms with Crippen molar-refractivity contribution in [1.82, 2.24) is 45.1 Å². The molecule has 6 aliphatic rings. The minimum Gasteiger partial charge on any atom is -0.481 e. The van der Waals surface area contributed by atoms with Gasteiger partial charge in [0.25, 0.3) is 0 Å². The Bertz CT molecular complexity index is 3120. The highest BCUT2D eigenvalue weighted by Crippen LogP contribution is 2.39. The van der Waals surface area contributed by atoms with Crippen molar-refractivity contribution in [2.45, 2.75) is 76.5 Å². The predicted octanol–water partition coefficient (Wildman–Crippen LogP) is 8.37. The van der Waals surface area contributed by atoms with Gasteiger partial charge < -0.3 is 49.9 Å². The van der Waals surface area contributed by atoms with Crippen LogP contribution in [0, 0.1) is 11.6 Å². The normalized spacial score (nSPS) is 20.4. The molecular formula is C54H62BrCl2F2N11O10S2. The number of urea groups is 2. The molecule has 21 nitrogen and oxygen atoms in total. The number of carboxylic acids is 2. The van der Waals surface area contributed by atoms with Gasteiger partial charge in [0.05, 0.1) is 37.4 Å². The molecule has 4 fully saturated rings. The minimum atomic E-state index is -0.883. The van der Waals surface area contributed by atoms with Gasteiger partial charge in [-0.3, -0.25) is 24.5 Å². The highest BCUT2D eigenvalue weighted by atomic mass is 79.9. The molecule has 8 heterocycles. The third-order valence-corrected chi connectivity index (χ3v) is 16.9. The van der Waals surface area contributed by atoms with Gasteiger partial charge in [-0.05, 0) is 56.4 Å². The number of alkyl halides is 1. The first-order chi connectivity index (χ1) is 39.0. The summed E-state index contributed by atoms with van der Waals surface area (Å²) in [6.45, 7) is 5.11. The summed E-state index contributed by atoms with van der Waals surface area (Å²) in [6, 6.07) is 6.73. The number of rotatable bonds is 17. The van der Waals surface area contributed by atoms with Crippen molar-refractivity contribution in [1.29, 1.82) is 0 Å². The number of hydrogen-bond donors (Lipinski definition) is 4. The fourth-order valence-electron chi connectivity index (χ4n) is 10.3. The highest BCUT2D eigenvalue weighted by Gasteiger charge is 2.42. The van der Waals surface area contributed by atoms with Gasteiger partial charge in [-0.15, -0.1) is 22.7 Å². The summed E-state index contributed by atoms with van der Waals surface area (Å²) >= 11 is 18.8. The number of fused-ring (bicyclic) bond motifs is 2. The molecule has 0 bridgehead atoms. The molecule has 2 aromatic heterocycles. The number of nitrogens with one attached hydrogen (secondary N) is 2. The second-order valence-corrected chi connectivity index (χ2v) is 22.5. The Morgan fingerprint density at radius 3 is 1.65 bits per heavy atom. The molecule has 4 aromatic rings. The molecule has 6 aliphatic heterocycles. The summed E-state index contributed by atoms with van der Waals surface area (Å²) < 4.78 is 37.4. The van der Waals surface area contributed by atoms with Crippen molar-refractivity contribution in [3.8, 4) is 0 Å². The van der Waals surface area contributed by atoms with Gasteiger partial charge in [0.15, 0.2) is 21.7 Å². The van der Waals surface area contributed by atoms with Gasteiger partial charge in [0, 0.05) is 133 Å². The zero-order chi connectivity index (χ0) is 57.9. The van der Waals surface area contributed by atoms with Crippen molar-refractivity contribution in [2.24, 2.45) is 9.98 Å². The predicted molar refractivity (Wildman–Crippen MR) is 309 cm³/mol. The number of allylic oxidation sites excluding steroid dienone is 1. The Morgan fingerprint density at radius 2 is 1.20 bits per heavy atom. The number of amidine groups is 2. The smallest absolute Gasteiger partial charge is 0.338 e. The van der Waals surface area contributed by atoms with Crippen LogP contribution in [-0.4, -0.2) is 183 Å². The van der Waals surface area contributed by atoms with Crippen LogP contribution in [0.4, 0.5) is 18.4 Å². The van der Waals surface area contributed by atoms with Crippen molar-refractivity contribution < 1.29 is 57.2 Å². The number of aromatic nitrogens is 2. The number of benzene rings is 2. The number of esters is 2. The van der Waals surface area contributed by atoms with E-state index in [4.69, 9.17) is 47.9 Å². The maximum atomic E-state index is 13.9. The van der Waals surface area contributed by atoms with E-state index >= 15 is 0 Å². The molecule has 82 heavy (non-hydrogen) atoms. The van der Waals surface area contributed by atoms with Crippen LogP contribution in [0.2, 0.25) is 10.0 Å². The topological polar surface area (TPSA) is 252 Å². The second kappa shape index (κ2) is 29.1. The number of methoxy groups -OCH3 is 2. The SMILES string of the molecule is C.COC(=O)C1=C(CBr)NC(c2nccs2)=N[C@H]1c1ccc(F)cc1Cl.COC(=O)C1=C(CN2CCN3C(=O)N(CCCC(=O)O)C[C@@H]3C2)NC(c2nccs2)=N[C@H]1c1ccc(F)cc1Cl.O=C(O)CCCN1C[C@@H]2CCCCN2C1=O. The third kappa shape index (κ3) is 15.2. The van der Waals surface area contributed by atoms with Crippen molar-refractivity contribution in [2.75, 3.05) is 78.5 Å². The number of halogens is 5. The molecule has 440 valence electrons. The Kier molecular flexibility index (Phi) is 22.4. The molecule has 10 rings (SSSR count). The maximum absolute atomic E-state index is 13.9. The van der Waals surface area contributed by atoms with Gasteiger partial charge in [-0.2, -0.15) is 0 Å². The number of carbonyl (C=O) groups excluding carboxylic acids is 4. The molecule has 0 spiro atoms. The van der Waals surface area contributed by atoms with Crippen LogP contribution in [0.15, 0.2) is 92.1 Å². The molecular weight excluding hydrogens is 1220 g/mol. The summed E-state index contributed by atoms with van der Waals surface area (Å²) in [5.41, 5.74) is 2.70. The number of piperidine rings is 1. The quantitative estimate of drug-likeness (QED) is 0.0572. The average molecular weight is 1280 g/mol. The third-order valence-electron chi connectivity index (χ3n) is 14.1. The van der Waals surface area contributed by atoms with Crippen molar-refractivity contribution in [3.05, 3.63) is 125 Å². The lowest BCUT2D eigenvalue weighted by Crippen LogP contribution is -2.53. The first-order valence-electron chi connectivity index (χ1n) is 25.8. The molecule has 0 aliphatic carbocycles. The molecule has 0 saturated carbocycles. The number of thiazole rings is 2. The molecule has 0 unspecified atom stereocenters. The van der Waals surface area contributed by atoms with E-state index in [0.29, 0.717) is 120 Å². The Labute approximate surface area is 498 Å². The molecule has 4 saturated heterocycles. The fourth-order valence-corrected chi connectivity index (χ4v) is 12.5. The van der Waals surface area contributed by atoms with Crippen LogP contribution in [-0.2, 0) is 28.7 Å². The van der Waals surface area contributed by atoms with Crippen LogP contribution in [0.3, 0.4) is 0 Å². The summed E-state index contributed by atoms with van der Waals surface area (Å²) in [4.78, 5) is 99.0. The van der Waals surface area contributed by atoms with Crippen LogP contribution in [0.5, 0.6) is 0 Å². The van der Waals surface area contributed by atoms with Crippen molar-refractivity contribution >= 4 is 109 Å². The number of aliphatic carboxylic acids is 2. The molecule has 0 radical (unpaired) electrons. The molecule has 4 N–H and O–H groups in total. The van der Waals surface area contributed by atoms with E-state index in [0.717, 1.165) is 25.9 Å². The minimum absolute atomic E-state index is 0. The maximum Gasteiger partial charge on any atom is 0.338 e.